The minimum atomic E-state index is -0.173. The molecular formula is C12H12N4O3. The summed E-state index contributed by atoms with van der Waals surface area (Å²) in [5, 5.41) is 3.59. The molecule has 0 aliphatic carbocycles. The number of benzene rings is 1. The molecule has 0 saturated carbocycles. The van der Waals surface area contributed by atoms with Gasteiger partial charge in [0.25, 0.3) is 5.91 Å². The van der Waals surface area contributed by atoms with Gasteiger partial charge in [-0.05, 0) is 18.2 Å². The fourth-order valence-corrected chi connectivity index (χ4v) is 1.95. The quantitative estimate of drug-likeness (QED) is 0.772. The zero-order valence-corrected chi connectivity index (χ0v) is 10.00. The summed E-state index contributed by atoms with van der Waals surface area (Å²) in [4.78, 5) is 13.5. The lowest BCUT2D eigenvalue weighted by Gasteiger charge is -2.28. The molecule has 0 unspecified atom stereocenters. The maximum Gasteiger partial charge on any atom is 0.265 e. The number of nitrogen functional groups attached to an aromatic ring is 2. The zero-order chi connectivity index (χ0) is 13.4. The van der Waals surface area contributed by atoms with E-state index in [1.54, 1.807) is 24.3 Å². The summed E-state index contributed by atoms with van der Waals surface area (Å²) in [5.41, 5.74) is 12.4. The second kappa shape index (κ2) is 4.20. The molecule has 98 valence electrons. The van der Waals surface area contributed by atoms with E-state index in [0.717, 1.165) is 0 Å². The molecule has 0 saturated heterocycles. The van der Waals surface area contributed by atoms with Crippen molar-refractivity contribution in [1.29, 1.82) is 0 Å². The first kappa shape index (κ1) is 11.4. The Balaban J connectivity index is 1.96. The molecule has 1 aromatic heterocycles. The van der Waals surface area contributed by atoms with Crippen molar-refractivity contribution in [3.05, 3.63) is 30.0 Å². The monoisotopic (exact) mass is 260 g/mol. The third-order valence-corrected chi connectivity index (χ3v) is 2.82. The standard InChI is InChI=1S/C12H12N4O3/c13-7-1-2-10-9(3-7)16(12(17)6-18-10)5-8-4-11(14)15-19-8/h1-4H,5-6,13H2,(H2,14,15). The lowest BCUT2D eigenvalue weighted by molar-refractivity contribution is -0.121. The van der Waals surface area contributed by atoms with Gasteiger partial charge in [-0.1, -0.05) is 5.16 Å². The van der Waals surface area contributed by atoms with Gasteiger partial charge in [0.15, 0.2) is 18.2 Å². The van der Waals surface area contributed by atoms with E-state index in [2.05, 4.69) is 5.16 Å². The molecule has 4 N–H and O–H groups in total. The van der Waals surface area contributed by atoms with Crippen molar-refractivity contribution in [2.75, 3.05) is 23.0 Å². The summed E-state index contributed by atoms with van der Waals surface area (Å²) in [6, 6.07) is 6.72. The highest BCUT2D eigenvalue weighted by Gasteiger charge is 2.26. The van der Waals surface area contributed by atoms with Crippen molar-refractivity contribution in [3.63, 3.8) is 0 Å². The van der Waals surface area contributed by atoms with Gasteiger partial charge in [-0.15, -0.1) is 0 Å². The molecule has 19 heavy (non-hydrogen) atoms. The van der Waals surface area contributed by atoms with Crippen molar-refractivity contribution >= 4 is 23.1 Å². The smallest absolute Gasteiger partial charge is 0.265 e. The van der Waals surface area contributed by atoms with E-state index in [-0.39, 0.29) is 24.9 Å². The molecule has 1 aliphatic heterocycles. The molecule has 1 aliphatic rings. The van der Waals surface area contributed by atoms with E-state index in [4.69, 9.17) is 20.7 Å². The number of carbonyl (C=O) groups is 1. The van der Waals surface area contributed by atoms with E-state index < -0.39 is 0 Å². The van der Waals surface area contributed by atoms with Crippen LogP contribution in [-0.4, -0.2) is 17.7 Å². The van der Waals surface area contributed by atoms with Crippen LogP contribution in [0.25, 0.3) is 0 Å². The molecule has 3 rings (SSSR count). The van der Waals surface area contributed by atoms with Gasteiger partial charge < -0.3 is 20.7 Å². The van der Waals surface area contributed by atoms with Crippen LogP contribution in [-0.2, 0) is 11.3 Å². The summed E-state index contributed by atoms with van der Waals surface area (Å²) in [6.07, 6.45) is 0. The van der Waals surface area contributed by atoms with Crippen LogP contribution < -0.4 is 21.1 Å². The number of nitrogens with two attached hydrogens (primary N) is 2. The van der Waals surface area contributed by atoms with E-state index in [0.29, 0.717) is 22.9 Å². The molecule has 2 aromatic rings. The number of carbonyl (C=O) groups excluding carboxylic acids is 1. The van der Waals surface area contributed by atoms with Gasteiger partial charge in [-0.25, -0.2) is 0 Å². The van der Waals surface area contributed by atoms with Gasteiger partial charge in [0, 0.05) is 11.8 Å². The van der Waals surface area contributed by atoms with Gasteiger partial charge in [0.1, 0.15) is 5.75 Å². The maximum atomic E-state index is 11.9. The molecule has 0 radical (unpaired) electrons. The Morgan fingerprint density at radius 2 is 2.16 bits per heavy atom. The van der Waals surface area contributed by atoms with Crippen LogP contribution in [0.3, 0.4) is 0 Å². The molecule has 0 spiro atoms. The van der Waals surface area contributed by atoms with E-state index in [1.165, 1.54) is 4.90 Å². The summed E-state index contributed by atoms with van der Waals surface area (Å²) >= 11 is 0. The van der Waals surface area contributed by atoms with Crippen molar-refractivity contribution in [1.82, 2.24) is 5.16 Å². The first-order valence-electron chi connectivity index (χ1n) is 5.67. The van der Waals surface area contributed by atoms with Crippen LogP contribution in [0.2, 0.25) is 0 Å². The Morgan fingerprint density at radius 1 is 1.32 bits per heavy atom. The molecule has 7 heteroatoms. The van der Waals surface area contributed by atoms with Crippen molar-refractivity contribution in [3.8, 4) is 5.75 Å². The largest absolute Gasteiger partial charge is 0.482 e. The summed E-state index contributed by atoms with van der Waals surface area (Å²) in [5.74, 6) is 1.22. The fourth-order valence-electron chi connectivity index (χ4n) is 1.95. The third kappa shape index (κ3) is 2.05. The Hall–Kier alpha value is -2.70. The normalized spacial score (nSPS) is 14.1. The Bertz CT molecular complexity index is 638. The number of fused-ring (bicyclic) bond motifs is 1. The molecule has 1 aromatic carbocycles. The molecule has 0 fully saturated rings. The van der Waals surface area contributed by atoms with Gasteiger partial charge in [0.2, 0.25) is 0 Å². The number of hydrogen-bond acceptors (Lipinski definition) is 6. The highest BCUT2D eigenvalue weighted by molar-refractivity contribution is 5.98. The number of rotatable bonds is 2. The van der Waals surface area contributed by atoms with Crippen LogP contribution in [0, 0.1) is 0 Å². The minimum Gasteiger partial charge on any atom is -0.482 e. The zero-order valence-electron chi connectivity index (χ0n) is 10.00. The van der Waals surface area contributed by atoms with E-state index >= 15 is 0 Å². The lowest BCUT2D eigenvalue weighted by Crippen LogP contribution is -2.38. The van der Waals surface area contributed by atoms with Crippen LogP contribution in [0.4, 0.5) is 17.2 Å². The number of ether oxygens (including phenoxy) is 1. The predicted molar refractivity (Wildman–Crippen MR) is 68.5 cm³/mol. The highest BCUT2D eigenvalue weighted by Crippen LogP contribution is 2.34. The number of aromatic nitrogens is 1. The Kier molecular flexibility index (Phi) is 2.52. The van der Waals surface area contributed by atoms with Crippen molar-refractivity contribution < 1.29 is 14.1 Å². The second-order valence-electron chi connectivity index (χ2n) is 4.21. The lowest BCUT2D eigenvalue weighted by atomic mass is 10.2. The van der Waals surface area contributed by atoms with Crippen LogP contribution >= 0.6 is 0 Å². The van der Waals surface area contributed by atoms with E-state index in [9.17, 15) is 4.79 Å². The van der Waals surface area contributed by atoms with Crippen molar-refractivity contribution in [2.24, 2.45) is 0 Å². The van der Waals surface area contributed by atoms with Gasteiger partial charge in [-0.2, -0.15) is 0 Å². The SMILES string of the molecule is Nc1ccc2c(c1)N(Cc1cc(N)no1)C(=O)CO2. The summed E-state index contributed by atoms with van der Waals surface area (Å²) in [6.45, 7) is 0.226. The molecule has 1 amide bonds. The first-order valence-corrected chi connectivity index (χ1v) is 5.67. The second-order valence-corrected chi connectivity index (χ2v) is 4.21. The van der Waals surface area contributed by atoms with Crippen LogP contribution in [0.1, 0.15) is 5.76 Å². The molecule has 0 bridgehead atoms. The first-order chi connectivity index (χ1) is 9.13. The number of hydrogen-bond donors (Lipinski definition) is 2. The molecule has 0 atom stereocenters. The Morgan fingerprint density at radius 3 is 2.89 bits per heavy atom. The predicted octanol–water partition coefficient (Wildman–Crippen LogP) is 0.765. The molecule has 7 nitrogen and oxygen atoms in total. The van der Waals surface area contributed by atoms with Gasteiger partial charge >= 0.3 is 0 Å². The fraction of sp³-hybridized carbons (Fsp3) is 0.167. The summed E-state index contributed by atoms with van der Waals surface area (Å²) in [7, 11) is 0. The molecular weight excluding hydrogens is 248 g/mol. The van der Waals surface area contributed by atoms with Crippen LogP contribution in [0.5, 0.6) is 5.75 Å². The number of amides is 1. The minimum absolute atomic E-state index is 0.0134. The van der Waals surface area contributed by atoms with Gasteiger partial charge in [0.05, 0.1) is 12.2 Å². The van der Waals surface area contributed by atoms with Crippen molar-refractivity contribution in [2.45, 2.75) is 6.54 Å². The summed E-state index contributed by atoms with van der Waals surface area (Å²) < 4.78 is 10.4. The number of anilines is 3. The number of nitrogens with zero attached hydrogens (tertiary/aromatic N) is 2. The topological polar surface area (TPSA) is 108 Å². The average molecular weight is 260 g/mol. The van der Waals surface area contributed by atoms with E-state index in [1.807, 2.05) is 0 Å². The third-order valence-electron chi connectivity index (χ3n) is 2.82. The van der Waals surface area contributed by atoms with Crippen LogP contribution in [0.15, 0.2) is 28.8 Å². The average Bonchev–Trinajstić information content (AvgIpc) is 2.79. The van der Waals surface area contributed by atoms with Gasteiger partial charge in [-0.3, -0.25) is 9.69 Å². The highest BCUT2D eigenvalue weighted by atomic mass is 16.5. The maximum absolute atomic E-state index is 11.9. The Labute approximate surface area is 108 Å². The molecule has 2 heterocycles.